The van der Waals surface area contributed by atoms with Crippen LogP contribution < -0.4 is 11.1 Å². The number of hydrogen-bond acceptors (Lipinski definition) is 2. The van der Waals surface area contributed by atoms with Crippen LogP contribution in [0.4, 0.5) is 11.4 Å². The van der Waals surface area contributed by atoms with Crippen molar-refractivity contribution in [1.29, 1.82) is 0 Å². The van der Waals surface area contributed by atoms with Crippen molar-refractivity contribution < 1.29 is 0 Å². The van der Waals surface area contributed by atoms with Gasteiger partial charge in [0.15, 0.2) is 0 Å². The summed E-state index contributed by atoms with van der Waals surface area (Å²) in [6.07, 6.45) is 3.67. The Kier molecular flexibility index (Phi) is 3.50. The Balaban J connectivity index is 2.12. The van der Waals surface area contributed by atoms with Crippen LogP contribution in [0.15, 0.2) is 12.1 Å². The Morgan fingerprint density at radius 1 is 1.25 bits per heavy atom. The smallest absolute Gasteiger partial charge is 0.0614 e. The molecule has 88 valence electrons. The highest BCUT2D eigenvalue weighted by molar-refractivity contribution is 6.42. The van der Waals surface area contributed by atoms with E-state index in [9.17, 15) is 0 Å². The van der Waals surface area contributed by atoms with E-state index in [1.165, 1.54) is 19.3 Å². The van der Waals surface area contributed by atoms with E-state index in [4.69, 9.17) is 28.9 Å². The van der Waals surface area contributed by atoms with Crippen LogP contribution in [-0.2, 0) is 0 Å². The summed E-state index contributed by atoms with van der Waals surface area (Å²) >= 11 is 11.9. The van der Waals surface area contributed by atoms with Crippen molar-refractivity contribution in [3.63, 3.8) is 0 Å². The fourth-order valence-electron chi connectivity index (χ4n) is 2.25. The molecule has 1 aromatic carbocycles. The third-order valence-electron chi connectivity index (χ3n) is 3.15. The maximum atomic E-state index is 5.97. The van der Waals surface area contributed by atoms with Gasteiger partial charge in [0, 0.05) is 6.04 Å². The second-order valence-corrected chi connectivity index (χ2v) is 5.43. The fraction of sp³-hybridized carbons (Fsp3) is 0.500. The van der Waals surface area contributed by atoms with Crippen molar-refractivity contribution in [1.82, 2.24) is 0 Å². The third kappa shape index (κ3) is 2.55. The van der Waals surface area contributed by atoms with Crippen LogP contribution in [0, 0.1) is 5.92 Å². The van der Waals surface area contributed by atoms with Gasteiger partial charge in [0.05, 0.1) is 21.4 Å². The summed E-state index contributed by atoms with van der Waals surface area (Å²) in [4.78, 5) is 0. The molecule has 1 aromatic rings. The minimum absolute atomic E-state index is 0.504. The molecule has 0 heterocycles. The van der Waals surface area contributed by atoms with Gasteiger partial charge in [-0.2, -0.15) is 0 Å². The molecule has 1 fully saturated rings. The highest BCUT2D eigenvalue weighted by Gasteiger charge is 2.21. The summed E-state index contributed by atoms with van der Waals surface area (Å²) in [6, 6.07) is 4.02. The molecule has 2 nitrogen and oxygen atoms in total. The second-order valence-electron chi connectivity index (χ2n) is 4.61. The van der Waals surface area contributed by atoms with Crippen LogP contribution >= 0.6 is 23.2 Å². The molecule has 0 radical (unpaired) electrons. The van der Waals surface area contributed by atoms with Crippen LogP contribution in [0.25, 0.3) is 0 Å². The first-order valence-corrected chi connectivity index (χ1v) is 6.33. The van der Waals surface area contributed by atoms with E-state index < -0.39 is 0 Å². The lowest BCUT2D eigenvalue weighted by Gasteiger charge is -2.16. The van der Waals surface area contributed by atoms with Crippen molar-refractivity contribution in [2.24, 2.45) is 5.92 Å². The van der Waals surface area contributed by atoms with Gasteiger partial charge in [0.2, 0.25) is 0 Å². The van der Waals surface area contributed by atoms with Gasteiger partial charge >= 0.3 is 0 Å². The van der Waals surface area contributed by atoms with Crippen molar-refractivity contribution in [3.8, 4) is 0 Å². The van der Waals surface area contributed by atoms with Gasteiger partial charge in [0.25, 0.3) is 0 Å². The Morgan fingerprint density at radius 2 is 1.94 bits per heavy atom. The molecule has 0 bridgehead atoms. The van der Waals surface area contributed by atoms with E-state index in [1.54, 1.807) is 6.07 Å². The minimum atomic E-state index is 0.504. The van der Waals surface area contributed by atoms with Gasteiger partial charge < -0.3 is 11.1 Å². The van der Waals surface area contributed by atoms with E-state index in [2.05, 4.69) is 12.2 Å². The topological polar surface area (TPSA) is 38.0 Å². The first-order chi connectivity index (χ1) is 7.56. The molecule has 0 amide bonds. The minimum Gasteiger partial charge on any atom is -0.397 e. The number of nitrogen functional groups attached to an aromatic ring is 1. The van der Waals surface area contributed by atoms with Crippen molar-refractivity contribution in [2.75, 3.05) is 11.1 Å². The van der Waals surface area contributed by atoms with Gasteiger partial charge in [-0.15, -0.1) is 0 Å². The Bertz CT molecular complexity index is 393. The summed E-state index contributed by atoms with van der Waals surface area (Å²) in [5.41, 5.74) is 7.46. The monoisotopic (exact) mass is 258 g/mol. The van der Waals surface area contributed by atoms with Crippen LogP contribution in [-0.4, -0.2) is 6.04 Å². The Labute approximate surface area is 106 Å². The fourth-order valence-corrected chi connectivity index (χ4v) is 2.58. The molecule has 16 heavy (non-hydrogen) atoms. The number of benzene rings is 1. The molecule has 0 aromatic heterocycles. The molecule has 2 rings (SSSR count). The quantitative estimate of drug-likeness (QED) is 0.782. The van der Waals surface area contributed by atoms with Crippen LogP contribution in [0.1, 0.15) is 26.2 Å². The van der Waals surface area contributed by atoms with E-state index in [1.807, 2.05) is 6.07 Å². The highest BCUT2D eigenvalue weighted by atomic mass is 35.5. The highest BCUT2D eigenvalue weighted by Crippen LogP contribution is 2.34. The molecule has 0 aliphatic heterocycles. The van der Waals surface area contributed by atoms with E-state index in [-0.39, 0.29) is 0 Å². The van der Waals surface area contributed by atoms with E-state index in [0.29, 0.717) is 21.8 Å². The molecule has 1 aliphatic rings. The third-order valence-corrected chi connectivity index (χ3v) is 3.87. The maximum absolute atomic E-state index is 5.97. The molecule has 3 N–H and O–H groups in total. The number of rotatable bonds is 2. The predicted molar refractivity (Wildman–Crippen MR) is 71.3 cm³/mol. The molecule has 2 atom stereocenters. The van der Waals surface area contributed by atoms with E-state index >= 15 is 0 Å². The summed E-state index contributed by atoms with van der Waals surface area (Å²) in [6.45, 7) is 2.28. The lowest BCUT2D eigenvalue weighted by atomic mass is 10.1. The lowest BCUT2D eigenvalue weighted by Crippen LogP contribution is -2.16. The van der Waals surface area contributed by atoms with Gasteiger partial charge in [-0.05, 0) is 37.3 Å². The van der Waals surface area contributed by atoms with Crippen LogP contribution in [0.5, 0.6) is 0 Å². The summed E-state index contributed by atoms with van der Waals surface area (Å²) < 4.78 is 0. The second kappa shape index (κ2) is 4.72. The number of hydrogen-bond donors (Lipinski definition) is 2. The molecule has 1 aliphatic carbocycles. The Morgan fingerprint density at radius 3 is 2.56 bits per heavy atom. The molecular formula is C12H16Cl2N2. The zero-order chi connectivity index (χ0) is 11.7. The summed E-state index contributed by atoms with van der Waals surface area (Å²) in [7, 11) is 0. The van der Waals surface area contributed by atoms with E-state index in [0.717, 1.165) is 11.6 Å². The maximum Gasteiger partial charge on any atom is 0.0614 e. The summed E-state index contributed by atoms with van der Waals surface area (Å²) in [5.74, 6) is 0.793. The molecule has 4 heteroatoms. The van der Waals surface area contributed by atoms with Gasteiger partial charge in [-0.1, -0.05) is 30.1 Å². The molecule has 2 unspecified atom stereocenters. The van der Waals surface area contributed by atoms with Crippen molar-refractivity contribution in [2.45, 2.75) is 32.2 Å². The molecular weight excluding hydrogens is 243 g/mol. The molecule has 1 saturated carbocycles. The number of anilines is 2. The zero-order valence-corrected chi connectivity index (χ0v) is 10.8. The largest absolute Gasteiger partial charge is 0.397 e. The average molecular weight is 259 g/mol. The average Bonchev–Trinajstić information content (AvgIpc) is 2.60. The number of nitrogens with one attached hydrogen (secondary N) is 1. The first kappa shape index (κ1) is 11.9. The van der Waals surface area contributed by atoms with Gasteiger partial charge in [-0.3, -0.25) is 0 Å². The van der Waals surface area contributed by atoms with Crippen LogP contribution in [0.3, 0.4) is 0 Å². The Hall–Kier alpha value is -0.600. The normalized spacial score (nSPS) is 24.7. The van der Waals surface area contributed by atoms with Crippen molar-refractivity contribution >= 4 is 34.6 Å². The van der Waals surface area contributed by atoms with Gasteiger partial charge in [-0.25, -0.2) is 0 Å². The SMILES string of the molecule is CC1CCC(Nc2cc(Cl)c(Cl)cc2N)C1. The van der Waals surface area contributed by atoms with Gasteiger partial charge in [0.1, 0.15) is 0 Å². The van der Waals surface area contributed by atoms with Crippen molar-refractivity contribution in [3.05, 3.63) is 22.2 Å². The molecule has 0 saturated heterocycles. The number of nitrogens with two attached hydrogens (primary N) is 1. The zero-order valence-electron chi connectivity index (χ0n) is 9.26. The summed E-state index contributed by atoms with van der Waals surface area (Å²) in [5, 5.41) is 4.49. The number of halogens is 2. The lowest BCUT2D eigenvalue weighted by molar-refractivity contribution is 0.603. The standard InChI is InChI=1S/C12H16Cl2N2/c1-7-2-3-8(4-7)16-12-6-10(14)9(13)5-11(12)15/h5-8,16H,2-4,15H2,1H3. The molecule has 0 spiro atoms. The van der Waals surface area contributed by atoms with Crippen LogP contribution in [0.2, 0.25) is 10.0 Å². The first-order valence-electron chi connectivity index (χ1n) is 5.57. The predicted octanol–water partition coefficient (Wildman–Crippen LogP) is 4.18.